The first-order valence-electron chi connectivity index (χ1n) is 4.22. The van der Waals surface area contributed by atoms with Gasteiger partial charge in [-0.2, -0.15) is 5.26 Å². The molecule has 0 unspecified atom stereocenters. The highest BCUT2D eigenvalue weighted by Gasteiger charge is 2.20. The number of benzene rings is 1. The summed E-state index contributed by atoms with van der Waals surface area (Å²) >= 11 is 0. The third-order valence-electron chi connectivity index (χ3n) is 2.21. The molecule has 0 aliphatic carbocycles. The number of halogens is 1. The molecule has 0 saturated heterocycles. The van der Waals surface area contributed by atoms with E-state index in [-0.39, 0.29) is 16.5 Å². The largest absolute Gasteiger partial charge is 0.505 e. The van der Waals surface area contributed by atoms with E-state index in [4.69, 9.17) is 10.4 Å². The van der Waals surface area contributed by atoms with Crippen LogP contribution in [0.25, 0.3) is 10.9 Å². The van der Waals surface area contributed by atoms with Gasteiger partial charge in [0.1, 0.15) is 6.07 Å². The minimum Gasteiger partial charge on any atom is -0.505 e. The number of carbonyl (C=O) groups is 1. The summed E-state index contributed by atoms with van der Waals surface area (Å²) in [5, 5.41) is 26.5. The third kappa shape index (κ3) is 1.19. The Morgan fingerprint density at radius 2 is 2.19 bits per heavy atom. The molecule has 0 aliphatic heterocycles. The highest BCUT2D eigenvalue weighted by molar-refractivity contribution is 6.00. The van der Waals surface area contributed by atoms with Crippen LogP contribution in [-0.4, -0.2) is 21.2 Å². The van der Waals surface area contributed by atoms with Crippen molar-refractivity contribution in [2.75, 3.05) is 0 Å². The SMILES string of the molecule is N#Cc1ccc2[nH]c(C(=O)O)c(O)c2c1F. The monoisotopic (exact) mass is 220 g/mol. The predicted octanol–water partition coefficient (Wildman–Crippen LogP) is 1.58. The van der Waals surface area contributed by atoms with Gasteiger partial charge < -0.3 is 15.2 Å². The lowest BCUT2D eigenvalue weighted by atomic mass is 10.1. The number of nitrogens with zero attached hydrogens (tertiary/aromatic N) is 1. The molecule has 0 amide bonds. The van der Waals surface area contributed by atoms with Crippen LogP contribution in [0.15, 0.2) is 12.1 Å². The molecule has 6 heteroatoms. The van der Waals surface area contributed by atoms with Gasteiger partial charge in [-0.05, 0) is 12.1 Å². The van der Waals surface area contributed by atoms with E-state index >= 15 is 0 Å². The number of aromatic amines is 1. The molecule has 2 rings (SSSR count). The fourth-order valence-corrected chi connectivity index (χ4v) is 1.47. The van der Waals surface area contributed by atoms with Crippen molar-refractivity contribution in [1.82, 2.24) is 4.98 Å². The molecular weight excluding hydrogens is 215 g/mol. The van der Waals surface area contributed by atoms with E-state index in [0.29, 0.717) is 0 Å². The van der Waals surface area contributed by atoms with Crippen molar-refractivity contribution in [2.24, 2.45) is 0 Å². The first-order valence-corrected chi connectivity index (χ1v) is 4.22. The van der Waals surface area contributed by atoms with Crippen LogP contribution < -0.4 is 0 Å². The van der Waals surface area contributed by atoms with Gasteiger partial charge in [-0.25, -0.2) is 9.18 Å². The van der Waals surface area contributed by atoms with Gasteiger partial charge in [0.05, 0.1) is 16.5 Å². The molecule has 0 aliphatic rings. The summed E-state index contributed by atoms with van der Waals surface area (Å²) in [4.78, 5) is 13.0. The van der Waals surface area contributed by atoms with Crippen LogP contribution in [0, 0.1) is 17.1 Å². The Kier molecular flexibility index (Phi) is 2.02. The van der Waals surface area contributed by atoms with E-state index in [9.17, 15) is 14.3 Å². The average molecular weight is 220 g/mol. The number of carboxylic acid groups (broad SMARTS) is 1. The Balaban J connectivity index is 2.90. The van der Waals surface area contributed by atoms with Crippen molar-refractivity contribution in [3.8, 4) is 11.8 Å². The van der Waals surface area contributed by atoms with Gasteiger partial charge in [0.25, 0.3) is 0 Å². The van der Waals surface area contributed by atoms with Crippen molar-refractivity contribution < 1.29 is 19.4 Å². The number of fused-ring (bicyclic) bond motifs is 1. The zero-order valence-corrected chi connectivity index (χ0v) is 7.78. The Morgan fingerprint density at radius 3 is 2.75 bits per heavy atom. The Hall–Kier alpha value is -2.55. The van der Waals surface area contributed by atoms with Crippen LogP contribution in [0.4, 0.5) is 4.39 Å². The number of rotatable bonds is 1. The van der Waals surface area contributed by atoms with Gasteiger partial charge in [-0.1, -0.05) is 0 Å². The number of aromatic carboxylic acids is 1. The highest BCUT2D eigenvalue weighted by Crippen LogP contribution is 2.32. The third-order valence-corrected chi connectivity index (χ3v) is 2.21. The minimum absolute atomic E-state index is 0.131. The first kappa shape index (κ1) is 9.98. The lowest BCUT2D eigenvalue weighted by molar-refractivity contribution is 0.0688. The van der Waals surface area contributed by atoms with E-state index < -0.39 is 23.2 Å². The zero-order valence-electron chi connectivity index (χ0n) is 7.78. The number of nitriles is 1. The van der Waals surface area contributed by atoms with E-state index in [2.05, 4.69) is 4.98 Å². The summed E-state index contributed by atoms with van der Waals surface area (Å²) in [5.74, 6) is -3.02. The maximum Gasteiger partial charge on any atom is 0.356 e. The smallest absolute Gasteiger partial charge is 0.356 e. The Bertz CT molecular complexity index is 640. The number of H-pyrrole nitrogens is 1. The summed E-state index contributed by atoms with van der Waals surface area (Å²) in [7, 11) is 0. The molecule has 2 aromatic rings. The Morgan fingerprint density at radius 1 is 1.50 bits per heavy atom. The second kappa shape index (κ2) is 3.24. The van der Waals surface area contributed by atoms with Gasteiger partial charge >= 0.3 is 5.97 Å². The summed E-state index contributed by atoms with van der Waals surface area (Å²) in [6, 6.07) is 4.15. The van der Waals surface area contributed by atoms with Crippen LogP contribution in [0.5, 0.6) is 5.75 Å². The summed E-state index contributed by atoms with van der Waals surface area (Å²) in [6.45, 7) is 0. The highest BCUT2D eigenvalue weighted by atomic mass is 19.1. The van der Waals surface area contributed by atoms with Crippen LogP contribution in [0.3, 0.4) is 0 Å². The summed E-state index contributed by atoms with van der Waals surface area (Å²) in [5.41, 5.74) is -0.617. The van der Waals surface area contributed by atoms with Crippen LogP contribution >= 0.6 is 0 Å². The number of aromatic nitrogens is 1. The molecule has 0 saturated carbocycles. The predicted molar refractivity (Wildman–Crippen MR) is 51.6 cm³/mol. The maximum atomic E-state index is 13.6. The number of hydrogen-bond donors (Lipinski definition) is 3. The van der Waals surface area contributed by atoms with Crippen LogP contribution in [0.2, 0.25) is 0 Å². The molecule has 16 heavy (non-hydrogen) atoms. The topological polar surface area (TPSA) is 97.1 Å². The van der Waals surface area contributed by atoms with Gasteiger partial charge in [0.15, 0.2) is 17.3 Å². The van der Waals surface area contributed by atoms with Crippen molar-refractivity contribution in [2.45, 2.75) is 0 Å². The Labute approximate surface area is 88.4 Å². The number of aromatic hydroxyl groups is 1. The van der Waals surface area contributed by atoms with Crippen molar-refractivity contribution in [3.05, 3.63) is 29.2 Å². The summed E-state index contributed by atoms with van der Waals surface area (Å²) in [6.07, 6.45) is 0. The molecule has 1 heterocycles. The number of carboxylic acids is 1. The fourth-order valence-electron chi connectivity index (χ4n) is 1.47. The molecule has 1 aromatic carbocycles. The second-order valence-corrected chi connectivity index (χ2v) is 3.12. The molecule has 3 N–H and O–H groups in total. The molecule has 80 valence electrons. The average Bonchev–Trinajstić information content (AvgIpc) is 2.57. The lowest BCUT2D eigenvalue weighted by Gasteiger charge is -1.95. The molecule has 0 radical (unpaired) electrons. The fraction of sp³-hybridized carbons (Fsp3) is 0. The standard InChI is InChI=1S/C10H5FN2O3/c11-7-4(3-12)1-2-5-6(7)9(14)8(13-5)10(15)16/h1-2,13-14H,(H,15,16). The van der Waals surface area contributed by atoms with Gasteiger partial charge in [0, 0.05) is 0 Å². The van der Waals surface area contributed by atoms with Crippen molar-refractivity contribution in [1.29, 1.82) is 5.26 Å². The maximum absolute atomic E-state index is 13.6. The van der Waals surface area contributed by atoms with Gasteiger partial charge in [0.2, 0.25) is 0 Å². The summed E-state index contributed by atoms with van der Waals surface area (Å²) < 4.78 is 13.6. The molecular formula is C10H5FN2O3. The van der Waals surface area contributed by atoms with E-state index in [1.165, 1.54) is 12.1 Å². The minimum atomic E-state index is -1.40. The van der Waals surface area contributed by atoms with Crippen LogP contribution in [0.1, 0.15) is 16.1 Å². The molecule has 0 fully saturated rings. The molecule has 0 bridgehead atoms. The quantitative estimate of drug-likeness (QED) is 0.679. The van der Waals surface area contributed by atoms with E-state index in [0.717, 1.165) is 0 Å². The molecule has 0 spiro atoms. The van der Waals surface area contributed by atoms with Gasteiger partial charge in [-0.15, -0.1) is 0 Å². The molecule has 1 aromatic heterocycles. The first-order chi connectivity index (χ1) is 7.56. The van der Waals surface area contributed by atoms with Crippen LogP contribution in [-0.2, 0) is 0 Å². The molecule has 5 nitrogen and oxygen atoms in total. The number of nitrogens with one attached hydrogen (secondary N) is 1. The normalized spacial score (nSPS) is 10.2. The van der Waals surface area contributed by atoms with Crippen molar-refractivity contribution in [3.63, 3.8) is 0 Å². The van der Waals surface area contributed by atoms with E-state index in [1.54, 1.807) is 6.07 Å². The number of hydrogen-bond acceptors (Lipinski definition) is 3. The zero-order chi connectivity index (χ0) is 11.9. The van der Waals surface area contributed by atoms with Crippen molar-refractivity contribution >= 4 is 16.9 Å². The van der Waals surface area contributed by atoms with Gasteiger partial charge in [-0.3, -0.25) is 0 Å². The lowest BCUT2D eigenvalue weighted by Crippen LogP contribution is -1.95. The molecule has 0 atom stereocenters. The second-order valence-electron chi connectivity index (χ2n) is 3.12. The van der Waals surface area contributed by atoms with E-state index in [1.807, 2.05) is 0 Å².